The predicted molar refractivity (Wildman–Crippen MR) is 105 cm³/mol. The van der Waals surface area contributed by atoms with E-state index in [1.165, 1.54) is 0 Å². The summed E-state index contributed by atoms with van der Waals surface area (Å²) in [6.45, 7) is 2.04. The molecule has 3 aromatic heterocycles. The monoisotopic (exact) mass is 432 g/mol. The zero-order valence-electron chi connectivity index (χ0n) is 14.3. The van der Waals surface area contributed by atoms with Crippen LogP contribution in [0.4, 0.5) is 11.5 Å². The minimum atomic E-state index is -0.318. The molecule has 1 aliphatic heterocycles. The number of hydrogen-bond acceptors (Lipinski definition) is 6. The third-order valence-electron chi connectivity index (χ3n) is 4.33. The maximum Gasteiger partial charge on any atom is 0.249 e. The van der Waals surface area contributed by atoms with Crippen molar-refractivity contribution in [2.75, 3.05) is 10.2 Å². The Morgan fingerprint density at radius 2 is 2.12 bits per heavy atom. The molecule has 2 unspecified atom stereocenters. The summed E-state index contributed by atoms with van der Waals surface area (Å²) in [5, 5.41) is 15.9. The lowest BCUT2D eigenvalue weighted by Crippen LogP contribution is -2.35. The maximum absolute atomic E-state index is 12.8. The fourth-order valence-corrected chi connectivity index (χ4v) is 4.49. The highest BCUT2D eigenvalue weighted by atomic mass is 79.9. The fourth-order valence-electron chi connectivity index (χ4n) is 3.14. The van der Waals surface area contributed by atoms with E-state index < -0.39 is 0 Å². The molecule has 2 atom stereocenters. The fraction of sp³-hybridized carbons (Fsp3) is 0.294. The van der Waals surface area contributed by atoms with Crippen LogP contribution in [0.1, 0.15) is 13.3 Å². The summed E-state index contributed by atoms with van der Waals surface area (Å²) >= 11 is 5.06. The molecule has 1 aliphatic rings. The van der Waals surface area contributed by atoms with Gasteiger partial charge in [-0.2, -0.15) is 5.10 Å². The highest BCUT2D eigenvalue weighted by molar-refractivity contribution is 9.11. The largest absolute Gasteiger partial charge is 0.357 e. The van der Waals surface area contributed by atoms with Crippen LogP contribution in [0.5, 0.6) is 0 Å². The highest BCUT2D eigenvalue weighted by Crippen LogP contribution is 2.31. The molecular formula is C17H17BrN6OS. The normalized spacial score (nSPS) is 20.0. The molecule has 1 fully saturated rings. The molecule has 0 aromatic carbocycles. The second kappa shape index (κ2) is 6.81. The van der Waals surface area contributed by atoms with Crippen LogP contribution in [0.2, 0.25) is 0 Å². The number of amides is 1. The average Bonchev–Trinajstić information content (AvgIpc) is 3.29. The summed E-state index contributed by atoms with van der Waals surface area (Å²) < 4.78 is 2.75. The summed E-state index contributed by atoms with van der Waals surface area (Å²) in [4.78, 5) is 15.6. The van der Waals surface area contributed by atoms with E-state index in [0.717, 1.165) is 20.0 Å². The van der Waals surface area contributed by atoms with Crippen molar-refractivity contribution in [2.45, 2.75) is 25.4 Å². The zero-order chi connectivity index (χ0) is 18.3. The first-order valence-electron chi connectivity index (χ1n) is 8.19. The summed E-state index contributed by atoms with van der Waals surface area (Å²) in [7, 11) is 1.84. The topological polar surface area (TPSA) is 75.9 Å². The van der Waals surface area contributed by atoms with Gasteiger partial charge in [0.15, 0.2) is 0 Å². The second-order valence-electron chi connectivity index (χ2n) is 6.27. The van der Waals surface area contributed by atoms with Crippen LogP contribution in [0.15, 0.2) is 40.4 Å². The van der Waals surface area contributed by atoms with Crippen molar-refractivity contribution in [1.82, 2.24) is 20.0 Å². The SMILES string of the molecule is CC1CC(Nc2ccc(-c3ccc(Br)s3)nn2)C(=O)N1c1cnn(C)c1. The smallest absolute Gasteiger partial charge is 0.249 e. The van der Waals surface area contributed by atoms with Gasteiger partial charge in [-0.25, -0.2) is 0 Å². The van der Waals surface area contributed by atoms with Gasteiger partial charge in [0.05, 0.1) is 20.5 Å². The van der Waals surface area contributed by atoms with Gasteiger partial charge in [-0.3, -0.25) is 9.48 Å². The molecule has 0 bridgehead atoms. The first-order valence-corrected chi connectivity index (χ1v) is 9.80. The van der Waals surface area contributed by atoms with Crippen LogP contribution in [0, 0.1) is 0 Å². The van der Waals surface area contributed by atoms with Crippen LogP contribution in [-0.4, -0.2) is 38.0 Å². The summed E-state index contributed by atoms with van der Waals surface area (Å²) in [6.07, 6.45) is 4.27. The zero-order valence-corrected chi connectivity index (χ0v) is 16.7. The highest BCUT2D eigenvalue weighted by Gasteiger charge is 2.38. The number of rotatable bonds is 4. The number of thiophene rings is 1. The quantitative estimate of drug-likeness (QED) is 0.684. The molecule has 0 radical (unpaired) electrons. The summed E-state index contributed by atoms with van der Waals surface area (Å²) in [6, 6.07) is 7.54. The molecule has 26 heavy (non-hydrogen) atoms. The number of aromatic nitrogens is 4. The van der Waals surface area contributed by atoms with Crippen molar-refractivity contribution >= 4 is 44.7 Å². The van der Waals surface area contributed by atoms with Gasteiger partial charge in [0.2, 0.25) is 5.91 Å². The van der Waals surface area contributed by atoms with E-state index in [4.69, 9.17) is 0 Å². The van der Waals surface area contributed by atoms with Gasteiger partial charge in [-0.15, -0.1) is 21.5 Å². The van der Waals surface area contributed by atoms with E-state index in [0.29, 0.717) is 12.2 Å². The Hall–Kier alpha value is -2.26. The Kier molecular flexibility index (Phi) is 4.49. The standard InChI is InChI=1S/C17H17BrN6OS/c1-10-7-13(17(25)24(10)11-8-19-23(2)9-11)20-16-6-3-12(21-22-16)14-4-5-15(18)26-14/h3-6,8-10,13H,7H2,1-2H3,(H,20,22). The third kappa shape index (κ3) is 3.24. The first kappa shape index (κ1) is 17.2. The molecule has 0 saturated carbocycles. The molecular weight excluding hydrogens is 416 g/mol. The Balaban J connectivity index is 1.48. The Labute approximate surface area is 163 Å². The Morgan fingerprint density at radius 1 is 1.27 bits per heavy atom. The number of carbonyl (C=O) groups is 1. The molecule has 4 heterocycles. The molecule has 4 rings (SSSR count). The molecule has 1 amide bonds. The summed E-state index contributed by atoms with van der Waals surface area (Å²) in [5.41, 5.74) is 1.63. The van der Waals surface area contributed by atoms with Gasteiger partial charge in [0.1, 0.15) is 17.6 Å². The maximum atomic E-state index is 12.8. The number of nitrogens with zero attached hydrogens (tertiary/aromatic N) is 5. The van der Waals surface area contributed by atoms with Crippen LogP contribution in [0.3, 0.4) is 0 Å². The summed E-state index contributed by atoms with van der Waals surface area (Å²) in [5.74, 6) is 0.626. The van der Waals surface area contributed by atoms with Crippen LogP contribution >= 0.6 is 27.3 Å². The van der Waals surface area contributed by atoms with Crippen molar-refractivity contribution in [3.05, 3.63) is 40.4 Å². The van der Waals surface area contributed by atoms with Crippen LogP contribution < -0.4 is 10.2 Å². The lowest BCUT2D eigenvalue weighted by atomic mass is 10.2. The van der Waals surface area contributed by atoms with Gasteiger partial charge < -0.3 is 10.2 Å². The van der Waals surface area contributed by atoms with E-state index in [-0.39, 0.29) is 18.0 Å². The average molecular weight is 433 g/mol. The van der Waals surface area contributed by atoms with Crippen molar-refractivity contribution in [1.29, 1.82) is 0 Å². The Bertz CT molecular complexity index is 937. The van der Waals surface area contributed by atoms with Gasteiger partial charge >= 0.3 is 0 Å². The van der Waals surface area contributed by atoms with Gasteiger partial charge in [-0.1, -0.05) is 0 Å². The first-order chi connectivity index (χ1) is 12.5. The van der Waals surface area contributed by atoms with Crippen molar-refractivity contribution in [3.8, 4) is 10.6 Å². The predicted octanol–water partition coefficient (Wildman–Crippen LogP) is 3.31. The number of nitrogens with one attached hydrogen (secondary N) is 1. The number of carbonyl (C=O) groups excluding carboxylic acids is 1. The van der Waals surface area contributed by atoms with Crippen molar-refractivity contribution < 1.29 is 4.79 Å². The lowest BCUT2D eigenvalue weighted by Gasteiger charge is -2.19. The molecule has 7 nitrogen and oxygen atoms in total. The molecule has 134 valence electrons. The minimum absolute atomic E-state index is 0.0264. The molecule has 1 N–H and O–H groups in total. The van der Waals surface area contributed by atoms with Crippen molar-refractivity contribution in [3.63, 3.8) is 0 Å². The number of aryl methyl sites for hydroxylation is 1. The number of hydrogen-bond donors (Lipinski definition) is 1. The van der Waals surface area contributed by atoms with Crippen molar-refractivity contribution in [2.24, 2.45) is 7.05 Å². The van der Waals surface area contributed by atoms with E-state index in [1.54, 1.807) is 27.1 Å². The van der Waals surface area contributed by atoms with E-state index in [9.17, 15) is 4.79 Å². The molecule has 0 aliphatic carbocycles. The van der Waals surface area contributed by atoms with E-state index in [2.05, 4.69) is 36.5 Å². The van der Waals surface area contributed by atoms with Crippen LogP contribution in [-0.2, 0) is 11.8 Å². The minimum Gasteiger partial charge on any atom is -0.357 e. The van der Waals surface area contributed by atoms with Gasteiger partial charge in [0, 0.05) is 19.3 Å². The van der Waals surface area contributed by atoms with Gasteiger partial charge in [0.25, 0.3) is 0 Å². The van der Waals surface area contributed by atoms with Crippen LogP contribution in [0.25, 0.3) is 10.6 Å². The number of halogens is 1. The lowest BCUT2D eigenvalue weighted by molar-refractivity contribution is -0.117. The third-order valence-corrected chi connectivity index (χ3v) is 5.98. The van der Waals surface area contributed by atoms with Gasteiger partial charge in [-0.05, 0) is 53.5 Å². The van der Waals surface area contributed by atoms with E-state index >= 15 is 0 Å². The molecule has 0 spiro atoms. The second-order valence-corrected chi connectivity index (χ2v) is 8.73. The number of anilines is 2. The Morgan fingerprint density at radius 3 is 2.73 bits per heavy atom. The van der Waals surface area contributed by atoms with E-state index in [1.807, 2.05) is 44.4 Å². The molecule has 3 aromatic rings. The molecule has 1 saturated heterocycles. The molecule has 9 heteroatoms.